The number of fused-ring (bicyclic) bond motifs is 5. The van der Waals surface area contributed by atoms with E-state index >= 15 is 0 Å². The number of hydrogen-bond acceptors (Lipinski definition) is 4. The van der Waals surface area contributed by atoms with Crippen LogP contribution in [0, 0.1) is 12.8 Å². The lowest BCUT2D eigenvalue weighted by Crippen LogP contribution is -2.61. The molecule has 35 heavy (non-hydrogen) atoms. The Morgan fingerprint density at radius 2 is 2.03 bits per heavy atom. The molecule has 178 valence electrons. The van der Waals surface area contributed by atoms with Crippen LogP contribution in [0.2, 0.25) is 0 Å². The first-order valence-corrected chi connectivity index (χ1v) is 13.6. The maximum atomic E-state index is 13.1. The van der Waals surface area contributed by atoms with Gasteiger partial charge in [0.1, 0.15) is 0 Å². The summed E-state index contributed by atoms with van der Waals surface area (Å²) in [6.45, 7) is 4.34. The second-order valence-electron chi connectivity index (χ2n) is 12.9. The summed E-state index contributed by atoms with van der Waals surface area (Å²) in [5.74, 6) is 1.69. The van der Waals surface area contributed by atoms with E-state index in [1.165, 1.54) is 51.7 Å². The van der Waals surface area contributed by atoms with Crippen LogP contribution in [-0.2, 0) is 31.2 Å². The van der Waals surface area contributed by atoms with Crippen LogP contribution in [0.5, 0.6) is 11.5 Å². The molecule has 0 amide bonds. The summed E-state index contributed by atoms with van der Waals surface area (Å²) in [6, 6.07) is 8.83. The van der Waals surface area contributed by atoms with E-state index in [9.17, 15) is 10.2 Å². The monoisotopic (exact) mass is 466 g/mol. The Balaban J connectivity index is 1.30. The second kappa shape index (κ2) is 5.28. The minimum Gasteiger partial charge on any atom is -0.504 e. The van der Waals surface area contributed by atoms with Crippen molar-refractivity contribution in [1.82, 2.24) is 9.47 Å². The van der Waals surface area contributed by atoms with Crippen molar-refractivity contribution in [3.05, 3.63) is 57.8 Å². The number of benzene rings is 2. The molecule has 2 spiro atoms. The molecule has 4 unspecified atom stereocenters. The van der Waals surface area contributed by atoms with Crippen LogP contribution >= 0.6 is 0 Å². The lowest BCUT2D eigenvalue weighted by atomic mass is 9.57. The highest BCUT2D eigenvalue weighted by Crippen LogP contribution is 2.79. The number of aromatic hydroxyl groups is 1. The van der Waals surface area contributed by atoms with E-state index in [-0.39, 0.29) is 23.4 Å². The van der Waals surface area contributed by atoms with Crippen LogP contribution in [0.1, 0.15) is 65.3 Å². The standard InChI is InChI=1S/C30H30N2O3/c1-15-9-17-3-2-8-31-23(17)19(10-15)20-12-30(34)27-28(32(27)13-16-4-5-16)11-18-6-7-21(33)25-22(18)29(30,14-28)26(35-25)24(20)31/h6-7,9-10,16,26-27,33-34H,2-5,8,11-14H2,1H3/t26?,27?,28?,29-,30+,32?/m0/s1. The van der Waals surface area contributed by atoms with Gasteiger partial charge in [0.25, 0.3) is 0 Å². The van der Waals surface area contributed by atoms with Crippen molar-refractivity contribution in [2.75, 3.05) is 6.54 Å². The van der Waals surface area contributed by atoms with E-state index in [1.807, 2.05) is 6.07 Å². The first-order chi connectivity index (χ1) is 17.0. The first kappa shape index (κ1) is 18.7. The van der Waals surface area contributed by atoms with Gasteiger partial charge in [-0.3, -0.25) is 4.90 Å². The third kappa shape index (κ3) is 1.77. The summed E-state index contributed by atoms with van der Waals surface area (Å²) in [7, 11) is 0. The maximum Gasteiger partial charge on any atom is 0.166 e. The van der Waals surface area contributed by atoms with Crippen LogP contribution in [0.4, 0.5) is 0 Å². The Labute approximate surface area is 204 Å². The number of aryl methyl sites for hydroxylation is 3. The summed E-state index contributed by atoms with van der Waals surface area (Å²) >= 11 is 0. The van der Waals surface area contributed by atoms with Gasteiger partial charge < -0.3 is 19.5 Å². The molecule has 2 N–H and O–H groups in total. The average molecular weight is 467 g/mol. The normalized spacial score (nSPS) is 40.3. The van der Waals surface area contributed by atoms with Crippen molar-refractivity contribution < 1.29 is 14.9 Å². The minimum atomic E-state index is -0.874. The lowest BCUT2D eigenvalue weighted by molar-refractivity contribution is -0.0897. The summed E-state index contributed by atoms with van der Waals surface area (Å²) in [5, 5.41) is 25.3. The number of piperidine rings is 1. The number of likely N-dealkylation sites (tertiary alicyclic amines) is 1. The maximum absolute atomic E-state index is 13.1. The van der Waals surface area contributed by atoms with Crippen molar-refractivity contribution in [3.8, 4) is 11.5 Å². The molecule has 5 heteroatoms. The van der Waals surface area contributed by atoms with Crippen molar-refractivity contribution in [3.63, 3.8) is 0 Å². The van der Waals surface area contributed by atoms with Gasteiger partial charge in [-0.15, -0.1) is 0 Å². The number of rotatable bonds is 2. The fourth-order valence-electron chi connectivity index (χ4n) is 9.99. The van der Waals surface area contributed by atoms with Gasteiger partial charge in [0.2, 0.25) is 0 Å². The zero-order valence-electron chi connectivity index (χ0n) is 20.1. The lowest BCUT2D eigenvalue weighted by Gasteiger charge is -2.51. The number of ether oxygens (including phenoxy) is 1. The molecule has 6 atom stereocenters. The fourth-order valence-corrected chi connectivity index (χ4v) is 9.99. The highest BCUT2D eigenvalue weighted by Gasteiger charge is 2.88. The molecule has 4 heterocycles. The van der Waals surface area contributed by atoms with Crippen LogP contribution < -0.4 is 4.74 Å². The molecule has 10 rings (SSSR count). The Morgan fingerprint density at radius 3 is 2.89 bits per heavy atom. The molecule has 1 aromatic heterocycles. The third-order valence-corrected chi connectivity index (χ3v) is 11.2. The Bertz CT molecular complexity index is 1550. The fraction of sp³-hybridized carbons (Fsp3) is 0.533. The highest BCUT2D eigenvalue weighted by molar-refractivity contribution is 5.91. The molecule has 1 saturated heterocycles. The summed E-state index contributed by atoms with van der Waals surface area (Å²) in [4.78, 5) is 2.68. The van der Waals surface area contributed by atoms with Gasteiger partial charge in [-0.05, 0) is 80.2 Å². The zero-order chi connectivity index (χ0) is 23.1. The van der Waals surface area contributed by atoms with E-state index in [4.69, 9.17) is 4.74 Å². The van der Waals surface area contributed by atoms with Crippen LogP contribution in [-0.4, -0.2) is 43.4 Å². The van der Waals surface area contributed by atoms with E-state index < -0.39 is 11.0 Å². The number of hydrogen-bond donors (Lipinski definition) is 2. The average Bonchev–Trinajstić information content (AvgIpc) is 3.66. The van der Waals surface area contributed by atoms with E-state index in [2.05, 4.69) is 34.6 Å². The van der Waals surface area contributed by atoms with Crippen LogP contribution in [0.15, 0.2) is 24.3 Å². The number of aromatic nitrogens is 1. The van der Waals surface area contributed by atoms with Gasteiger partial charge in [-0.2, -0.15) is 0 Å². The van der Waals surface area contributed by atoms with Gasteiger partial charge in [0, 0.05) is 36.0 Å². The smallest absolute Gasteiger partial charge is 0.166 e. The van der Waals surface area contributed by atoms with Gasteiger partial charge in [0.05, 0.1) is 28.3 Å². The van der Waals surface area contributed by atoms with E-state index in [0.717, 1.165) is 50.3 Å². The summed E-state index contributed by atoms with van der Waals surface area (Å²) in [5.41, 5.74) is 7.83. The largest absolute Gasteiger partial charge is 0.504 e. The molecule has 7 aliphatic rings. The molecular formula is C30H30N2O3. The van der Waals surface area contributed by atoms with E-state index in [0.29, 0.717) is 12.2 Å². The topological polar surface area (TPSA) is 57.6 Å². The predicted octanol–water partition coefficient (Wildman–Crippen LogP) is 4.05. The van der Waals surface area contributed by atoms with Gasteiger partial charge in [0.15, 0.2) is 17.6 Å². The molecule has 2 aromatic carbocycles. The van der Waals surface area contributed by atoms with Crippen molar-refractivity contribution in [2.24, 2.45) is 5.92 Å². The van der Waals surface area contributed by atoms with Crippen LogP contribution in [0.25, 0.3) is 10.9 Å². The first-order valence-electron chi connectivity index (χ1n) is 13.6. The van der Waals surface area contributed by atoms with Crippen molar-refractivity contribution >= 4 is 10.9 Å². The number of aliphatic hydroxyl groups is 1. The Hall–Kier alpha value is -2.50. The molecule has 3 fully saturated rings. The summed E-state index contributed by atoms with van der Waals surface area (Å²) in [6.07, 6.45) is 7.32. The predicted molar refractivity (Wildman–Crippen MR) is 131 cm³/mol. The molecule has 2 bridgehead atoms. The Morgan fingerprint density at radius 1 is 1.14 bits per heavy atom. The van der Waals surface area contributed by atoms with Gasteiger partial charge >= 0.3 is 0 Å². The molecule has 2 saturated carbocycles. The Kier molecular flexibility index (Phi) is 2.82. The number of phenols is 1. The SMILES string of the molecule is Cc1cc2c3c(c1)c1c(n3CCC2)C2Oc3c(O)ccc4c3[C@@]23CC2(C4)C(N2CC2CC2)[C@]3(O)C1. The quantitative estimate of drug-likeness (QED) is 0.560. The minimum absolute atomic E-state index is 0.0484. The highest BCUT2D eigenvalue weighted by atomic mass is 16.5. The zero-order valence-corrected chi connectivity index (χ0v) is 20.1. The van der Waals surface area contributed by atoms with Crippen LogP contribution in [0.3, 0.4) is 0 Å². The third-order valence-electron chi connectivity index (χ3n) is 11.2. The van der Waals surface area contributed by atoms with Gasteiger partial charge in [-0.1, -0.05) is 17.7 Å². The van der Waals surface area contributed by atoms with Crippen molar-refractivity contribution in [1.29, 1.82) is 0 Å². The molecule has 5 nitrogen and oxygen atoms in total. The van der Waals surface area contributed by atoms with Gasteiger partial charge in [-0.25, -0.2) is 0 Å². The molecule has 0 radical (unpaired) electrons. The van der Waals surface area contributed by atoms with Crippen molar-refractivity contribution in [2.45, 2.75) is 87.1 Å². The van der Waals surface area contributed by atoms with E-state index in [1.54, 1.807) is 0 Å². The number of phenolic OH excluding ortho intramolecular Hbond substituents is 1. The molecule has 4 aliphatic carbocycles. The molecular weight excluding hydrogens is 436 g/mol. The summed E-state index contributed by atoms with van der Waals surface area (Å²) < 4.78 is 9.40. The molecule has 3 aromatic rings. The number of nitrogens with zero attached hydrogens (tertiary/aromatic N) is 2. The second-order valence-corrected chi connectivity index (χ2v) is 12.9. The molecule has 3 aliphatic heterocycles.